The molecule has 1 fully saturated rings. The zero-order valence-corrected chi connectivity index (χ0v) is 20.4. The number of rotatable bonds is 7. The third-order valence-corrected chi connectivity index (χ3v) is 6.44. The number of thioether (sulfide) groups is 1. The molecular weight excluding hydrogens is 464 g/mol. The second kappa shape index (κ2) is 10.6. The van der Waals surface area contributed by atoms with Crippen molar-refractivity contribution in [1.82, 2.24) is 0 Å². The van der Waals surface area contributed by atoms with E-state index in [1.165, 1.54) is 11.8 Å². The fourth-order valence-electron chi connectivity index (χ4n) is 3.52. The molecule has 34 heavy (non-hydrogen) atoms. The lowest BCUT2D eigenvalue weighted by Gasteiger charge is -2.15. The number of anilines is 1. The fraction of sp³-hybridized carbons (Fsp3) is 0.148. The molecule has 3 aromatic rings. The van der Waals surface area contributed by atoms with Gasteiger partial charge in [0.15, 0.2) is 15.8 Å². The Morgan fingerprint density at radius 3 is 2.65 bits per heavy atom. The molecule has 0 spiro atoms. The van der Waals surface area contributed by atoms with Gasteiger partial charge >= 0.3 is 0 Å². The van der Waals surface area contributed by atoms with Gasteiger partial charge in [0.05, 0.1) is 28.8 Å². The molecule has 0 aromatic heterocycles. The Hall–Kier alpha value is -3.60. The van der Waals surface area contributed by atoms with Crippen LogP contribution in [0.2, 0.25) is 0 Å². The van der Waals surface area contributed by atoms with Crippen LogP contribution < -0.4 is 14.4 Å². The predicted octanol–water partition coefficient (Wildman–Crippen LogP) is 6.25. The van der Waals surface area contributed by atoms with Gasteiger partial charge in [0.25, 0.3) is 5.91 Å². The minimum Gasteiger partial charge on any atom is -0.490 e. The first-order valence-electron chi connectivity index (χ1n) is 10.7. The Kier molecular flexibility index (Phi) is 7.31. The third-order valence-electron chi connectivity index (χ3n) is 5.14. The van der Waals surface area contributed by atoms with Crippen LogP contribution in [0.25, 0.3) is 6.08 Å². The molecule has 1 heterocycles. The molecule has 0 radical (unpaired) electrons. The summed E-state index contributed by atoms with van der Waals surface area (Å²) in [7, 11) is 0. The van der Waals surface area contributed by atoms with Crippen LogP contribution in [0.4, 0.5) is 5.69 Å². The molecule has 0 aliphatic carbocycles. The molecule has 0 atom stereocenters. The predicted molar refractivity (Wildman–Crippen MR) is 140 cm³/mol. The van der Waals surface area contributed by atoms with E-state index >= 15 is 0 Å². The van der Waals surface area contributed by atoms with Gasteiger partial charge in [-0.15, -0.1) is 0 Å². The van der Waals surface area contributed by atoms with Gasteiger partial charge in [0.1, 0.15) is 6.61 Å². The van der Waals surface area contributed by atoms with Crippen LogP contribution in [0, 0.1) is 18.3 Å². The highest BCUT2D eigenvalue weighted by atomic mass is 32.2. The van der Waals surface area contributed by atoms with E-state index in [4.69, 9.17) is 21.7 Å². The molecule has 1 saturated heterocycles. The summed E-state index contributed by atoms with van der Waals surface area (Å²) in [5.41, 5.74) is 4.01. The van der Waals surface area contributed by atoms with Gasteiger partial charge in [-0.3, -0.25) is 9.69 Å². The Bertz CT molecular complexity index is 1330. The van der Waals surface area contributed by atoms with Crippen LogP contribution in [0.15, 0.2) is 71.6 Å². The number of hydrogen-bond acceptors (Lipinski definition) is 6. The highest BCUT2D eigenvalue weighted by molar-refractivity contribution is 8.27. The summed E-state index contributed by atoms with van der Waals surface area (Å²) in [6.45, 7) is 4.59. The van der Waals surface area contributed by atoms with Crippen LogP contribution in [0.3, 0.4) is 0 Å². The van der Waals surface area contributed by atoms with E-state index < -0.39 is 0 Å². The van der Waals surface area contributed by atoms with Crippen LogP contribution in [-0.2, 0) is 11.4 Å². The first kappa shape index (κ1) is 23.6. The lowest BCUT2D eigenvalue weighted by Crippen LogP contribution is -2.27. The molecular formula is C27H22N2O3S2. The third kappa shape index (κ3) is 5.14. The first-order chi connectivity index (χ1) is 16.5. The van der Waals surface area contributed by atoms with Crippen LogP contribution in [-0.4, -0.2) is 16.8 Å². The number of aryl methyl sites for hydroxylation is 1. The molecule has 4 rings (SSSR count). The molecule has 3 aromatic carbocycles. The quantitative estimate of drug-likeness (QED) is 0.291. The number of hydrogen-bond donors (Lipinski definition) is 0. The summed E-state index contributed by atoms with van der Waals surface area (Å²) in [4.78, 5) is 15.2. The van der Waals surface area contributed by atoms with Gasteiger partial charge in [-0.25, -0.2) is 0 Å². The van der Waals surface area contributed by atoms with Gasteiger partial charge in [0, 0.05) is 5.56 Å². The maximum Gasteiger partial charge on any atom is 0.270 e. The first-order valence-corrected chi connectivity index (χ1v) is 11.9. The highest BCUT2D eigenvalue weighted by Crippen LogP contribution is 2.37. The molecule has 1 aliphatic rings. The van der Waals surface area contributed by atoms with E-state index in [0.29, 0.717) is 32.9 Å². The van der Waals surface area contributed by atoms with Crippen molar-refractivity contribution in [2.24, 2.45) is 0 Å². The minimum atomic E-state index is -0.146. The second-order valence-electron chi connectivity index (χ2n) is 7.55. The highest BCUT2D eigenvalue weighted by Gasteiger charge is 2.33. The van der Waals surface area contributed by atoms with E-state index in [0.717, 1.165) is 22.4 Å². The number of amides is 1. The van der Waals surface area contributed by atoms with Crippen LogP contribution in [0.5, 0.6) is 11.5 Å². The largest absolute Gasteiger partial charge is 0.490 e. The molecule has 1 aliphatic heterocycles. The average Bonchev–Trinajstić information content (AvgIpc) is 3.11. The van der Waals surface area contributed by atoms with Crippen LogP contribution in [0.1, 0.15) is 29.2 Å². The van der Waals surface area contributed by atoms with Crippen molar-refractivity contribution in [2.45, 2.75) is 20.5 Å². The van der Waals surface area contributed by atoms with Crippen molar-refractivity contribution in [3.8, 4) is 17.6 Å². The normalized spacial score (nSPS) is 14.4. The second-order valence-corrected chi connectivity index (χ2v) is 9.23. The monoisotopic (exact) mass is 486 g/mol. The summed E-state index contributed by atoms with van der Waals surface area (Å²) in [5.74, 6) is 0.992. The minimum absolute atomic E-state index is 0.146. The number of thiocarbonyl (C=S) groups is 1. The van der Waals surface area contributed by atoms with Gasteiger partial charge in [0.2, 0.25) is 0 Å². The SMILES string of the molecule is CCOc1cc(/C=C2\SC(=S)N(c3cccc(C)c3)C2=O)ccc1OCc1ccccc1C#N. The smallest absolute Gasteiger partial charge is 0.270 e. The summed E-state index contributed by atoms with van der Waals surface area (Å²) < 4.78 is 12.3. The topological polar surface area (TPSA) is 62.6 Å². The summed E-state index contributed by atoms with van der Waals surface area (Å²) in [5, 5.41) is 9.29. The number of carbonyl (C=O) groups excluding carboxylic acids is 1. The van der Waals surface area contributed by atoms with Crippen molar-refractivity contribution in [3.05, 3.63) is 93.9 Å². The maximum atomic E-state index is 13.1. The molecule has 0 unspecified atom stereocenters. The van der Waals surface area contributed by atoms with E-state index in [9.17, 15) is 10.1 Å². The van der Waals surface area contributed by atoms with E-state index in [1.54, 1.807) is 11.0 Å². The van der Waals surface area contributed by atoms with Gasteiger partial charge in [-0.1, -0.05) is 60.4 Å². The summed E-state index contributed by atoms with van der Waals surface area (Å²) in [6, 6.07) is 22.7. The molecule has 170 valence electrons. The zero-order chi connectivity index (χ0) is 24.1. The number of benzene rings is 3. The van der Waals surface area contributed by atoms with Gasteiger partial charge in [-0.2, -0.15) is 5.26 Å². The van der Waals surface area contributed by atoms with E-state index in [1.807, 2.05) is 80.6 Å². The van der Waals surface area contributed by atoms with E-state index in [2.05, 4.69) is 6.07 Å². The number of nitrogens with zero attached hydrogens (tertiary/aromatic N) is 2. The number of nitriles is 1. The summed E-state index contributed by atoms with van der Waals surface area (Å²) >= 11 is 6.76. The Morgan fingerprint density at radius 2 is 1.88 bits per heavy atom. The van der Waals surface area contributed by atoms with Crippen molar-refractivity contribution in [2.75, 3.05) is 11.5 Å². The van der Waals surface area contributed by atoms with Crippen molar-refractivity contribution >= 4 is 46.0 Å². The molecule has 0 bridgehead atoms. The Labute approximate surface area is 208 Å². The van der Waals surface area contributed by atoms with E-state index in [-0.39, 0.29) is 12.5 Å². The fourth-order valence-corrected chi connectivity index (χ4v) is 4.82. The molecule has 0 saturated carbocycles. The standard InChI is InChI=1S/C27H22N2O3S2/c1-3-31-24-14-19(11-12-23(24)32-17-21-9-5-4-8-20(21)16-28)15-25-26(30)29(27(33)34-25)22-10-6-7-18(2)13-22/h4-15H,3,17H2,1-2H3/b25-15-. The molecule has 1 amide bonds. The number of carbonyl (C=O) groups is 1. The zero-order valence-electron chi connectivity index (χ0n) is 18.8. The van der Waals surface area contributed by atoms with Crippen molar-refractivity contribution in [1.29, 1.82) is 5.26 Å². The lowest BCUT2D eigenvalue weighted by molar-refractivity contribution is -0.113. The van der Waals surface area contributed by atoms with Crippen molar-refractivity contribution in [3.63, 3.8) is 0 Å². The Balaban J connectivity index is 1.57. The van der Waals surface area contributed by atoms with Gasteiger partial charge in [-0.05, 0) is 61.4 Å². The Morgan fingerprint density at radius 1 is 1.06 bits per heavy atom. The van der Waals surface area contributed by atoms with Crippen LogP contribution >= 0.6 is 24.0 Å². The molecule has 7 heteroatoms. The molecule has 5 nitrogen and oxygen atoms in total. The molecule has 0 N–H and O–H groups in total. The maximum absolute atomic E-state index is 13.1. The summed E-state index contributed by atoms with van der Waals surface area (Å²) in [6.07, 6.45) is 1.81. The lowest BCUT2D eigenvalue weighted by atomic mass is 10.1. The van der Waals surface area contributed by atoms with Gasteiger partial charge < -0.3 is 9.47 Å². The van der Waals surface area contributed by atoms with Crippen molar-refractivity contribution < 1.29 is 14.3 Å². The average molecular weight is 487 g/mol. The number of ether oxygens (including phenoxy) is 2.